The molecular weight excluding hydrogens is 572 g/mol. The topological polar surface area (TPSA) is 90.0 Å². The second kappa shape index (κ2) is 14.7. The van der Waals surface area contributed by atoms with Gasteiger partial charge in [-0.05, 0) is 61.6 Å². The molecule has 8 nitrogen and oxygen atoms in total. The van der Waals surface area contributed by atoms with E-state index in [0.29, 0.717) is 28.3 Å². The van der Waals surface area contributed by atoms with Crippen LogP contribution in [0.5, 0.6) is 0 Å². The van der Waals surface area contributed by atoms with Gasteiger partial charge in [0.25, 0.3) is 0 Å². The van der Waals surface area contributed by atoms with Crippen LogP contribution in [0.4, 0.5) is 5.69 Å². The molecule has 10 heteroatoms. The Labute approximate surface area is 255 Å². The molecule has 0 aromatic heterocycles. The summed E-state index contributed by atoms with van der Waals surface area (Å²) < 4.78 is 29.4. The lowest BCUT2D eigenvalue weighted by molar-refractivity contribution is -0.140. The molecule has 0 aliphatic carbocycles. The third-order valence-corrected chi connectivity index (χ3v) is 9.40. The summed E-state index contributed by atoms with van der Waals surface area (Å²) in [6.07, 6.45) is 0.951. The summed E-state index contributed by atoms with van der Waals surface area (Å²) in [7, 11) is -1.22. The molecule has 3 aromatic carbocycles. The molecule has 0 aliphatic rings. The van der Waals surface area contributed by atoms with Gasteiger partial charge in [-0.1, -0.05) is 79.2 Å². The third-order valence-electron chi connectivity index (χ3n) is 7.22. The predicted octanol–water partition coefficient (Wildman–Crippen LogP) is 5.12. The van der Waals surface area contributed by atoms with Gasteiger partial charge in [0.1, 0.15) is 12.6 Å². The van der Waals surface area contributed by atoms with E-state index in [0.717, 1.165) is 19.7 Å². The van der Waals surface area contributed by atoms with Crippen LogP contribution in [0.25, 0.3) is 0 Å². The van der Waals surface area contributed by atoms with Gasteiger partial charge in [0.15, 0.2) is 0 Å². The Morgan fingerprint density at radius 3 is 2.21 bits per heavy atom. The smallest absolute Gasteiger partial charge is 0.304 e. The van der Waals surface area contributed by atoms with Crippen molar-refractivity contribution >= 4 is 39.3 Å². The van der Waals surface area contributed by atoms with Crippen LogP contribution < -0.4 is 9.62 Å². The Balaban J connectivity index is 2.14. The highest BCUT2D eigenvalue weighted by atomic mass is 35.5. The van der Waals surface area contributed by atoms with Gasteiger partial charge in [0.05, 0.1) is 5.69 Å². The van der Waals surface area contributed by atoms with Crippen LogP contribution in [0.2, 0.25) is 5.02 Å². The van der Waals surface area contributed by atoms with Gasteiger partial charge in [-0.15, -0.1) is 0 Å². The van der Waals surface area contributed by atoms with Crippen LogP contribution in [0.1, 0.15) is 42.5 Å². The Kier molecular flexibility index (Phi) is 11.6. The van der Waals surface area contributed by atoms with Gasteiger partial charge in [-0.25, -0.2) is 4.31 Å². The average molecular weight is 613 g/mol. The van der Waals surface area contributed by atoms with Gasteiger partial charge in [0.2, 0.25) is 11.8 Å². The lowest BCUT2D eigenvalue weighted by Gasteiger charge is -2.35. The average Bonchev–Trinajstić information content (AvgIpc) is 2.96. The predicted molar refractivity (Wildman–Crippen MR) is 170 cm³/mol. The highest BCUT2D eigenvalue weighted by molar-refractivity contribution is 7.90. The van der Waals surface area contributed by atoms with Crippen molar-refractivity contribution in [3.63, 3.8) is 0 Å². The number of carbonyl (C=O) groups excluding carboxylic acids is 2. The van der Waals surface area contributed by atoms with Crippen molar-refractivity contribution in [3.05, 3.63) is 100 Å². The minimum atomic E-state index is -4.08. The Morgan fingerprint density at radius 2 is 1.60 bits per heavy atom. The van der Waals surface area contributed by atoms with Crippen molar-refractivity contribution in [1.29, 1.82) is 0 Å². The number of nitrogens with one attached hydrogen (secondary N) is 1. The van der Waals surface area contributed by atoms with Gasteiger partial charge < -0.3 is 10.2 Å². The van der Waals surface area contributed by atoms with Crippen molar-refractivity contribution < 1.29 is 18.0 Å². The minimum Gasteiger partial charge on any atom is -0.352 e. The molecule has 0 fully saturated rings. The first kappa shape index (κ1) is 33.1. The quantitative estimate of drug-likeness (QED) is 0.290. The zero-order chi connectivity index (χ0) is 31.0. The molecule has 2 atom stereocenters. The third kappa shape index (κ3) is 8.33. The van der Waals surface area contributed by atoms with E-state index in [1.165, 1.54) is 19.0 Å². The number of hydrogen-bond acceptors (Lipinski definition) is 4. The Morgan fingerprint density at radius 1 is 0.952 bits per heavy atom. The van der Waals surface area contributed by atoms with E-state index in [9.17, 15) is 18.0 Å². The summed E-state index contributed by atoms with van der Waals surface area (Å²) in [5.74, 6) is -0.844. The number of benzene rings is 3. The SMILES string of the molecule is CCC(C)NC(=O)C(Cc1ccccc1)N(Cc1ccccc1Cl)C(=O)CN(c1cc(C)ccc1C)S(=O)(=O)N(C)C. The van der Waals surface area contributed by atoms with Crippen LogP contribution >= 0.6 is 11.6 Å². The first-order valence-electron chi connectivity index (χ1n) is 14.0. The van der Waals surface area contributed by atoms with Crippen LogP contribution in [0, 0.1) is 13.8 Å². The fraction of sp³-hybridized carbons (Fsp3) is 0.375. The molecule has 0 aliphatic heterocycles. The lowest BCUT2D eigenvalue weighted by atomic mass is 10.0. The molecule has 3 rings (SSSR count). The van der Waals surface area contributed by atoms with Crippen molar-refractivity contribution in [2.75, 3.05) is 24.9 Å². The van der Waals surface area contributed by atoms with E-state index in [1.54, 1.807) is 31.2 Å². The lowest BCUT2D eigenvalue weighted by Crippen LogP contribution is -2.55. The summed E-state index contributed by atoms with van der Waals surface area (Å²) in [6.45, 7) is 7.06. The van der Waals surface area contributed by atoms with Crippen LogP contribution in [-0.4, -0.2) is 62.2 Å². The number of rotatable bonds is 13. The first-order valence-corrected chi connectivity index (χ1v) is 15.8. The molecule has 0 heterocycles. The molecule has 226 valence electrons. The van der Waals surface area contributed by atoms with E-state index < -0.39 is 28.7 Å². The van der Waals surface area contributed by atoms with E-state index in [4.69, 9.17) is 11.6 Å². The molecule has 0 radical (unpaired) electrons. The molecule has 1 N–H and O–H groups in total. The first-order chi connectivity index (χ1) is 19.8. The summed E-state index contributed by atoms with van der Waals surface area (Å²) in [5.41, 5.74) is 3.47. The summed E-state index contributed by atoms with van der Waals surface area (Å²) in [6, 6.07) is 21.0. The molecule has 0 saturated heterocycles. The molecule has 2 amide bonds. The van der Waals surface area contributed by atoms with E-state index >= 15 is 0 Å². The standard InChI is InChI=1S/C32H41ClN4O4S/c1-7-25(4)34-32(39)30(20-26-13-9-8-10-14-26)36(21-27-15-11-12-16-28(27)33)31(38)22-37(42(40,41)35(5)6)29-19-23(2)17-18-24(29)3/h8-19,25,30H,7,20-22H2,1-6H3,(H,34,39). The van der Waals surface area contributed by atoms with Crippen molar-refractivity contribution in [3.8, 4) is 0 Å². The normalized spacial score (nSPS) is 13.0. The van der Waals surface area contributed by atoms with Crippen LogP contribution in [0.15, 0.2) is 72.8 Å². The summed E-state index contributed by atoms with van der Waals surface area (Å²) in [4.78, 5) is 29.7. The highest BCUT2D eigenvalue weighted by Gasteiger charge is 2.35. The van der Waals surface area contributed by atoms with Crippen molar-refractivity contribution in [2.45, 2.75) is 59.2 Å². The number of nitrogens with zero attached hydrogens (tertiary/aromatic N) is 3. The molecule has 2 unspecified atom stereocenters. The molecule has 0 bridgehead atoms. The van der Waals surface area contributed by atoms with Crippen molar-refractivity contribution in [1.82, 2.24) is 14.5 Å². The van der Waals surface area contributed by atoms with Crippen LogP contribution in [-0.2, 0) is 32.8 Å². The number of carbonyl (C=O) groups is 2. The number of amides is 2. The monoisotopic (exact) mass is 612 g/mol. The Bertz CT molecular complexity index is 1480. The second-order valence-electron chi connectivity index (χ2n) is 10.7. The fourth-order valence-corrected chi connectivity index (χ4v) is 5.80. The number of hydrogen-bond donors (Lipinski definition) is 1. The molecule has 0 saturated carbocycles. The van der Waals surface area contributed by atoms with Gasteiger partial charge in [0, 0.05) is 38.1 Å². The van der Waals surface area contributed by atoms with E-state index in [2.05, 4.69) is 5.32 Å². The van der Waals surface area contributed by atoms with E-state index in [1.807, 2.05) is 69.3 Å². The maximum atomic E-state index is 14.4. The molecule has 3 aromatic rings. The maximum absolute atomic E-state index is 14.4. The Hall–Kier alpha value is -3.40. The van der Waals surface area contributed by atoms with Gasteiger partial charge >= 0.3 is 10.2 Å². The summed E-state index contributed by atoms with van der Waals surface area (Å²) >= 11 is 6.53. The largest absolute Gasteiger partial charge is 0.352 e. The second-order valence-corrected chi connectivity index (χ2v) is 13.2. The molecule has 0 spiro atoms. The van der Waals surface area contributed by atoms with Crippen LogP contribution in [0.3, 0.4) is 0 Å². The maximum Gasteiger partial charge on any atom is 0.304 e. The number of anilines is 1. The fourth-order valence-electron chi connectivity index (χ4n) is 4.50. The number of aryl methyl sites for hydroxylation is 2. The summed E-state index contributed by atoms with van der Waals surface area (Å²) in [5, 5.41) is 3.48. The number of halogens is 1. The van der Waals surface area contributed by atoms with E-state index in [-0.39, 0.29) is 24.9 Å². The van der Waals surface area contributed by atoms with Crippen molar-refractivity contribution in [2.24, 2.45) is 0 Å². The highest BCUT2D eigenvalue weighted by Crippen LogP contribution is 2.27. The van der Waals surface area contributed by atoms with Gasteiger partial charge in [-0.2, -0.15) is 12.7 Å². The molecule has 42 heavy (non-hydrogen) atoms. The van der Waals surface area contributed by atoms with Gasteiger partial charge in [-0.3, -0.25) is 9.59 Å². The zero-order valence-electron chi connectivity index (χ0n) is 25.2. The molecular formula is C32H41ClN4O4S. The zero-order valence-corrected chi connectivity index (χ0v) is 26.7. The minimum absolute atomic E-state index is 0.0204.